The number of hydrogen-bond acceptors (Lipinski definition) is 3. The van der Waals surface area contributed by atoms with Gasteiger partial charge in [0.1, 0.15) is 0 Å². The van der Waals surface area contributed by atoms with E-state index in [1.807, 2.05) is 44.4 Å². The molecule has 0 aliphatic carbocycles. The summed E-state index contributed by atoms with van der Waals surface area (Å²) in [5, 5.41) is 3.04. The summed E-state index contributed by atoms with van der Waals surface area (Å²) < 4.78 is 5.98. The number of rotatable bonds is 23. The van der Waals surface area contributed by atoms with E-state index in [1.54, 1.807) is 0 Å². The molecule has 36 heavy (non-hydrogen) atoms. The van der Waals surface area contributed by atoms with Gasteiger partial charge in [-0.05, 0) is 12.0 Å². The molecule has 0 radical (unpaired) electrons. The Bertz CT molecular complexity index is 676. The summed E-state index contributed by atoms with van der Waals surface area (Å²) in [6, 6.07) is 10.1. The first-order valence-electron chi connectivity index (χ1n) is 14.7. The Morgan fingerprint density at radius 2 is 1.33 bits per heavy atom. The Kier molecular flexibility index (Phi) is 19.0. The van der Waals surface area contributed by atoms with Crippen LogP contribution in [0.3, 0.4) is 0 Å². The van der Waals surface area contributed by atoms with Crippen LogP contribution in [0.25, 0.3) is 0 Å². The molecule has 0 bridgehead atoms. The molecule has 0 heterocycles. The number of esters is 1. The zero-order chi connectivity index (χ0) is 26.3. The number of likely N-dealkylation sites (N-methyl/N-ethyl adjacent to an activating group) is 1. The van der Waals surface area contributed by atoms with Crippen LogP contribution in [0.15, 0.2) is 30.3 Å². The van der Waals surface area contributed by atoms with Crippen molar-refractivity contribution in [2.75, 3.05) is 40.3 Å². The van der Waals surface area contributed by atoms with Crippen molar-refractivity contribution in [3.05, 3.63) is 35.9 Å². The van der Waals surface area contributed by atoms with Gasteiger partial charge in [0.25, 0.3) is 0 Å². The molecule has 0 aliphatic heterocycles. The molecular formula is C31H55N2O3+. The summed E-state index contributed by atoms with van der Waals surface area (Å²) in [6.07, 6.45) is 19.4. The van der Waals surface area contributed by atoms with Crippen LogP contribution >= 0.6 is 0 Å². The highest BCUT2D eigenvalue weighted by molar-refractivity contribution is 5.75. The Balaban J connectivity index is 1.93. The second-order valence-corrected chi connectivity index (χ2v) is 11.0. The maximum atomic E-state index is 12.2. The minimum absolute atomic E-state index is 0.156. The topological polar surface area (TPSA) is 55.4 Å². The number of ether oxygens (including phenoxy) is 1. The van der Waals surface area contributed by atoms with Crippen LogP contribution in [0, 0.1) is 0 Å². The van der Waals surface area contributed by atoms with Crippen LogP contribution in [0.4, 0.5) is 0 Å². The number of carbonyl (C=O) groups excluding carboxylic acids is 2. The monoisotopic (exact) mass is 503 g/mol. The third-order valence-corrected chi connectivity index (χ3v) is 6.82. The fourth-order valence-corrected chi connectivity index (χ4v) is 4.53. The first-order chi connectivity index (χ1) is 17.4. The van der Waals surface area contributed by atoms with Gasteiger partial charge in [0.15, 0.2) is 6.54 Å². The van der Waals surface area contributed by atoms with Crippen molar-refractivity contribution in [1.82, 2.24) is 5.32 Å². The van der Waals surface area contributed by atoms with Gasteiger partial charge in [0.2, 0.25) is 5.91 Å². The third-order valence-electron chi connectivity index (χ3n) is 6.82. The van der Waals surface area contributed by atoms with E-state index < -0.39 is 0 Å². The van der Waals surface area contributed by atoms with Crippen molar-refractivity contribution < 1.29 is 18.8 Å². The number of unbranched alkanes of at least 4 members (excludes halogenated alkanes) is 12. The van der Waals surface area contributed by atoms with E-state index in [-0.39, 0.29) is 11.9 Å². The molecule has 0 aliphatic rings. The van der Waals surface area contributed by atoms with Gasteiger partial charge in [-0.25, -0.2) is 4.79 Å². The summed E-state index contributed by atoms with van der Waals surface area (Å²) in [5.41, 5.74) is 1.17. The molecule has 0 saturated carbocycles. The predicted molar refractivity (Wildman–Crippen MR) is 151 cm³/mol. The van der Waals surface area contributed by atoms with Gasteiger partial charge in [-0.1, -0.05) is 114 Å². The average Bonchev–Trinajstić information content (AvgIpc) is 2.85. The van der Waals surface area contributed by atoms with Gasteiger partial charge in [-0.15, -0.1) is 0 Å². The number of nitrogens with one attached hydrogen (secondary N) is 1. The van der Waals surface area contributed by atoms with Crippen LogP contribution in [-0.2, 0) is 20.7 Å². The number of quaternary nitrogens is 1. The molecule has 0 fully saturated rings. The lowest BCUT2D eigenvalue weighted by Crippen LogP contribution is -2.46. The lowest BCUT2D eigenvalue weighted by atomic mass is 10.0. The number of hydrogen-bond donors (Lipinski definition) is 1. The second kappa shape index (κ2) is 21.2. The fourth-order valence-electron chi connectivity index (χ4n) is 4.53. The first kappa shape index (κ1) is 32.1. The lowest BCUT2D eigenvalue weighted by Gasteiger charge is -2.28. The second-order valence-electron chi connectivity index (χ2n) is 11.0. The number of nitrogens with zero attached hydrogens (tertiary/aromatic N) is 1. The van der Waals surface area contributed by atoms with Crippen molar-refractivity contribution in [3.8, 4) is 0 Å². The molecule has 1 rings (SSSR count). The van der Waals surface area contributed by atoms with E-state index >= 15 is 0 Å². The largest absolute Gasteiger partial charge is 0.461 e. The average molecular weight is 504 g/mol. The molecule has 0 aromatic heterocycles. The van der Waals surface area contributed by atoms with Crippen molar-refractivity contribution in [2.45, 2.75) is 110 Å². The van der Waals surface area contributed by atoms with Crippen LogP contribution in [0.2, 0.25) is 0 Å². The summed E-state index contributed by atoms with van der Waals surface area (Å²) >= 11 is 0. The van der Waals surface area contributed by atoms with Crippen LogP contribution in [0.1, 0.15) is 109 Å². The number of amides is 1. The van der Waals surface area contributed by atoms with Crippen LogP contribution in [-0.4, -0.2) is 56.7 Å². The highest BCUT2D eigenvalue weighted by Crippen LogP contribution is 2.13. The highest BCUT2D eigenvalue weighted by Gasteiger charge is 2.20. The van der Waals surface area contributed by atoms with E-state index in [9.17, 15) is 9.59 Å². The molecule has 206 valence electrons. The van der Waals surface area contributed by atoms with Crippen molar-refractivity contribution in [1.29, 1.82) is 0 Å². The first-order valence-corrected chi connectivity index (χ1v) is 14.7. The molecule has 1 aromatic carbocycles. The van der Waals surface area contributed by atoms with Crippen molar-refractivity contribution >= 4 is 11.9 Å². The molecule has 5 heteroatoms. The van der Waals surface area contributed by atoms with Gasteiger partial charge >= 0.3 is 5.97 Å². The maximum absolute atomic E-state index is 12.2. The molecule has 0 unspecified atom stereocenters. The van der Waals surface area contributed by atoms with Crippen LogP contribution in [0.5, 0.6) is 0 Å². The Morgan fingerprint density at radius 3 is 1.92 bits per heavy atom. The van der Waals surface area contributed by atoms with Crippen LogP contribution < -0.4 is 5.32 Å². The van der Waals surface area contributed by atoms with E-state index in [0.717, 1.165) is 32.2 Å². The molecule has 1 aromatic rings. The predicted octanol–water partition coefficient (Wildman–Crippen LogP) is 6.84. The molecule has 0 saturated heterocycles. The molecule has 0 spiro atoms. The smallest absolute Gasteiger partial charge is 0.361 e. The van der Waals surface area contributed by atoms with Gasteiger partial charge < -0.3 is 14.5 Å². The summed E-state index contributed by atoms with van der Waals surface area (Å²) in [5.74, 6) is -0.00826. The normalized spacial score (nSPS) is 11.4. The molecule has 5 nitrogen and oxygen atoms in total. The minimum Gasteiger partial charge on any atom is -0.461 e. The zero-order valence-electron chi connectivity index (χ0n) is 23.7. The SMILES string of the molecule is CCCCCCCCCCCCCCCC(=O)NCCC[N+](C)(C)CC(=O)OCCc1ccccc1. The highest BCUT2D eigenvalue weighted by atomic mass is 16.5. The zero-order valence-corrected chi connectivity index (χ0v) is 23.7. The lowest BCUT2D eigenvalue weighted by molar-refractivity contribution is -0.883. The number of benzene rings is 1. The minimum atomic E-state index is -0.164. The number of carbonyl (C=O) groups is 2. The van der Waals surface area contributed by atoms with E-state index in [2.05, 4.69) is 12.2 Å². The van der Waals surface area contributed by atoms with Crippen molar-refractivity contribution in [2.24, 2.45) is 0 Å². The third kappa shape index (κ3) is 19.3. The summed E-state index contributed by atoms with van der Waals surface area (Å²) in [7, 11) is 4.07. The van der Waals surface area contributed by atoms with Crippen molar-refractivity contribution in [3.63, 3.8) is 0 Å². The quantitative estimate of drug-likeness (QED) is 0.101. The van der Waals surface area contributed by atoms with Gasteiger partial charge in [-0.2, -0.15) is 0 Å². The molecule has 1 N–H and O–H groups in total. The fraction of sp³-hybridized carbons (Fsp3) is 0.742. The molecule has 1 amide bonds. The standard InChI is InChI=1S/C31H54N2O3/c1-4-5-6-7-8-9-10-11-12-13-14-15-19-23-30(34)32-25-20-26-33(2,3)28-31(35)36-27-24-29-21-17-16-18-22-29/h16-18,21-22H,4-15,19-20,23-28H2,1-3H3/p+1. The van der Waals surface area contributed by atoms with E-state index in [1.165, 1.54) is 76.2 Å². The molecule has 0 atom stereocenters. The Morgan fingerprint density at radius 1 is 0.778 bits per heavy atom. The van der Waals surface area contributed by atoms with Gasteiger partial charge in [0.05, 0.1) is 27.2 Å². The van der Waals surface area contributed by atoms with Gasteiger partial charge in [-0.3, -0.25) is 4.79 Å². The Hall–Kier alpha value is -1.88. The van der Waals surface area contributed by atoms with E-state index in [4.69, 9.17) is 4.74 Å². The summed E-state index contributed by atoms with van der Waals surface area (Å²) in [6.45, 7) is 4.53. The van der Waals surface area contributed by atoms with Gasteiger partial charge in [0, 0.05) is 25.8 Å². The maximum Gasteiger partial charge on any atom is 0.361 e. The molecular weight excluding hydrogens is 448 g/mol. The summed E-state index contributed by atoms with van der Waals surface area (Å²) in [4.78, 5) is 24.3. The Labute approximate surface area is 222 Å². The van der Waals surface area contributed by atoms with E-state index in [0.29, 0.717) is 30.6 Å².